The van der Waals surface area contributed by atoms with Crippen molar-refractivity contribution in [2.75, 3.05) is 11.9 Å². The lowest BCUT2D eigenvalue weighted by Gasteiger charge is -2.14. The molecule has 0 bridgehead atoms. The summed E-state index contributed by atoms with van der Waals surface area (Å²) in [6, 6.07) is 10.9. The molecule has 150 valence electrons. The maximum absolute atomic E-state index is 12.7. The van der Waals surface area contributed by atoms with Crippen molar-refractivity contribution in [3.8, 4) is 0 Å². The van der Waals surface area contributed by atoms with Gasteiger partial charge in [0.05, 0.1) is 12.0 Å². The van der Waals surface area contributed by atoms with Crippen molar-refractivity contribution in [3.05, 3.63) is 69.6 Å². The number of aromatic nitrogens is 2. The number of anilines is 1. The van der Waals surface area contributed by atoms with Crippen LogP contribution in [-0.2, 0) is 22.5 Å². The van der Waals surface area contributed by atoms with Crippen molar-refractivity contribution in [2.45, 2.75) is 33.7 Å². The lowest BCUT2D eigenvalue weighted by Crippen LogP contribution is -2.25. The molecule has 2 aromatic heterocycles. The summed E-state index contributed by atoms with van der Waals surface area (Å²) in [7, 11) is 0. The lowest BCUT2D eigenvalue weighted by atomic mass is 10.1. The summed E-state index contributed by atoms with van der Waals surface area (Å²) in [6.45, 7) is 5.53. The van der Waals surface area contributed by atoms with E-state index in [9.17, 15) is 14.4 Å². The van der Waals surface area contributed by atoms with E-state index in [-0.39, 0.29) is 30.0 Å². The summed E-state index contributed by atoms with van der Waals surface area (Å²) >= 11 is 0. The van der Waals surface area contributed by atoms with Gasteiger partial charge in [-0.15, -0.1) is 0 Å². The molecule has 2 heterocycles. The fourth-order valence-corrected chi connectivity index (χ4v) is 3.13. The highest BCUT2D eigenvalue weighted by molar-refractivity contribution is 5.95. The molecule has 29 heavy (non-hydrogen) atoms. The van der Waals surface area contributed by atoms with Gasteiger partial charge >= 0.3 is 5.97 Å². The Kier molecular flexibility index (Phi) is 6.07. The zero-order valence-electron chi connectivity index (χ0n) is 16.7. The first-order valence-corrected chi connectivity index (χ1v) is 9.50. The smallest absolute Gasteiger partial charge is 0.343 e. The van der Waals surface area contributed by atoms with Crippen LogP contribution in [0.4, 0.5) is 5.69 Å². The van der Waals surface area contributed by atoms with Gasteiger partial charge in [0.1, 0.15) is 17.8 Å². The van der Waals surface area contributed by atoms with Crippen LogP contribution in [0.1, 0.15) is 35.5 Å². The van der Waals surface area contributed by atoms with E-state index in [2.05, 4.69) is 10.3 Å². The van der Waals surface area contributed by atoms with Crippen LogP contribution in [0.15, 0.2) is 47.4 Å². The van der Waals surface area contributed by atoms with E-state index in [1.807, 2.05) is 31.2 Å². The lowest BCUT2D eigenvalue weighted by molar-refractivity contribution is -0.116. The molecule has 3 rings (SSSR count). The summed E-state index contributed by atoms with van der Waals surface area (Å²) < 4.78 is 6.51. The molecule has 1 N–H and O–H groups in total. The van der Waals surface area contributed by atoms with E-state index in [0.717, 1.165) is 17.7 Å². The van der Waals surface area contributed by atoms with Crippen molar-refractivity contribution >= 4 is 28.6 Å². The average molecular weight is 393 g/mol. The molecule has 0 spiro atoms. The topological polar surface area (TPSA) is 90.3 Å². The predicted molar refractivity (Wildman–Crippen MR) is 111 cm³/mol. The van der Waals surface area contributed by atoms with Crippen molar-refractivity contribution in [2.24, 2.45) is 0 Å². The minimum Gasteiger partial charge on any atom is -0.462 e. The Hall–Kier alpha value is -3.48. The molecule has 0 saturated heterocycles. The Labute approximate surface area is 168 Å². The van der Waals surface area contributed by atoms with E-state index in [4.69, 9.17) is 4.74 Å². The molecule has 0 unspecified atom stereocenters. The van der Waals surface area contributed by atoms with Crippen molar-refractivity contribution < 1.29 is 14.3 Å². The molecule has 7 heteroatoms. The molecule has 0 fully saturated rings. The van der Waals surface area contributed by atoms with E-state index in [1.165, 1.54) is 10.8 Å². The number of rotatable bonds is 6. The van der Waals surface area contributed by atoms with Gasteiger partial charge in [-0.2, -0.15) is 0 Å². The molecular weight excluding hydrogens is 370 g/mol. The van der Waals surface area contributed by atoms with Gasteiger partial charge in [0.2, 0.25) is 11.3 Å². The summed E-state index contributed by atoms with van der Waals surface area (Å²) in [5.41, 5.74) is 2.23. The van der Waals surface area contributed by atoms with Crippen LogP contribution in [-0.4, -0.2) is 28.0 Å². The number of aryl methyl sites for hydroxylation is 2. The summed E-state index contributed by atoms with van der Waals surface area (Å²) in [5, 5.41) is 3.16. The summed E-state index contributed by atoms with van der Waals surface area (Å²) in [4.78, 5) is 42.1. The quantitative estimate of drug-likeness (QED) is 0.650. The molecule has 0 aliphatic heterocycles. The van der Waals surface area contributed by atoms with Crippen LogP contribution < -0.4 is 10.7 Å². The predicted octanol–water partition coefficient (Wildman–Crippen LogP) is 3.08. The fourth-order valence-electron chi connectivity index (χ4n) is 3.13. The van der Waals surface area contributed by atoms with E-state index >= 15 is 0 Å². The van der Waals surface area contributed by atoms with Crippen LogP contribution in [0.5, 0.6) is 0 Å². The number of hydrogen-bond acceptors (Lipinski definition) is 5. The van der Waals surface area contributed by atoms with Gasteiger partial charge in [-0.3, -0.25) is 9.59 Å². The Balaban J connectivity index is 2.02. The molecule has 3 aromatic rings. The third-order valence-electron chi connectivity index (χ3n) is 4.54. The maximum Gasteiger partial charge on any atom is 0.343 e. The molecular formula is C22H23N3O4. The molecule has 1 aromatic carbocycles. The number of pyridine rings is 2. The first-order valence-electron chi connectivity index (χ1n) is 9.50. The van der Waals surface area contributed by atoms with Crippen LogP contribution >= 0.6 is 0 Å². The monoisotopic (exact) mass is 393 g/mol. The summed E-state index contributed by atoms with van der Waals surface area (Å²) in [6.07, 6.45) is 2.13. The molecule has 0 atom stereocenters. The fraction of sp³-hybridized carbons (Fsp3) is 0.273. The van der Waals surface area contributed by atoms with Gasteiger partial charge < -0.3 is 14.6 Å². The number of fused-ring (bicyclic) bond motifs is 1. The highest BCUT2D eigenvalue weighted by Gasteiger charge is 2.18. The van der Waals surface area contributed by atoms with Crippen molar-refractivity contribution in [1.29, 1.82) is 0 Å². The Morgan fingerprint density at radius 3 is 2.62 bits per heavy atom. The van der Waals surface area contributed by atoms with E-state index < -0.39 is 11.4 Å². The molecule has 0 saturated carbocycles. The first kappa shape index (κ1) is 20.3. The number of esters is 1. The Morgan fingerprint density at radius 1 is 1.14 bits per heavy atom. The number of ether oxygens (including phenoxy) is 1. The number of carbonyl (C=O) groups is 2. The standard InChI is InChI=1S/C22H23N3O4/c1-4-15-8-6-7-9-18(15)24-19(26)13-25-12-17(22(28)29-5-2)20(27)16-11-10-14(3)23-21(16)25/h6-12H,4-5,13H2,1-3H3,(H,24,26). The van der Waals surface area contributed by atoms with Crippen LogP contribution in [0.3, 0.4) is 0 Å². The zero-order chi connectivity index (χ0) is 21.0. The van der Waals surface area contributed by atoms with Gasteiger partial charge in [0.15, 0.2) is 0 Å². The van der Waals surface area contributed by atoms with E-state index in [1.54, 1.807) is 26.0 Å². The van der Waals surface area contributed by atoms with Gasteiger partial charge in [-0.1, -0.05) is 25.1 Å². The Morgan fingerprint density at radius 2 is 1.90 bits per heavy atom. The first-order chi connectivity index (χ1) is 13.9. The van der Waals surface area contributed by atoms with E-state index in [0.29, 0.717) is 11.3 Å². The third kappa shape index (κ3) is 4.34. The third-order valence-corrected chi connectivity index (χ3v) is 4.54. The number of amides is 1. The Bertz CT molecular complexity index is 1130. The van der Waals surface area contributed by atoms with Crippen LogP contribution in [0.25, 0.3) is 11.0 Å². The van der Waals surface area contributed by atoms with Crippen molar-refractivity contribution in [3.63, 3.8) is 0 Å². The van der Waals surface area contributed by atoms with Crippen LogP contribution in [0, 0.1) is 6.92 Å². The van der Waals surface area contributed by atoms with Gasteiger partial charge in [-0.25, -0.2) is 9.78 Å². The SMILES string of the molecule is CCOC(=O)c1cn(CC(=O)Nc2ccccc2CC)c2nc(C)ccc2c1=O. The number of hydrogen-bond donors (Lipinski definition) is 1. The second-order valence-electron chi connectivity index (χ2n) is 6.60. The average Bonchev–Trinajstić information content (AvgIpc) is 2.70. The largest absolute Gasteiger partial charge is 0.462 e. The van der Waals surface area contributed by atoms with Gasteiger partial charge in [0.25, 0.3) is 0 Å². The highest BCUT2D eigenvalue weighted by Crippen LogP contribution is 2.16. The van der Waals surface area contributed by atoms with Gasteiger partial charge in [-0.05, 0) is 44.0 Å². The van der Waals surface area contributed by atoms with Crippen molar-refractivity contribution in [1.82, 2.24) is 9.55 Å². The minimum absolute atomic E-state index is 0.0995. The highest BCUT2D eigenvalue weighted by atomic mass is 16.5. The molecule has 0 aliphatic carbocycles. The van der Waals surface area contributed by atoms with Gasteiger partial charge in [0, 0.05) is 17.6 Å². The number of nitrogens with one attached hydrogen (secondary N) is 1. The number of nitrogens with zero attached hydrogens (tertiary/aromatic N) is 2. The number of benzene rings is 1. The normalized spacial score (nSPS) is 10.7. The van der Waals surface area contributed by atoms with Crippen LogP contribution in [0.2, 0.25) is 0 Å². The second kappa shape index (κ2) is 8.68. The second-order valence-corrected chi connectivity index (χ2v) is 6.60. The molecule has 0 aliphatic rings. The maximum atomic E-state index is 12.7. The number of carbonyl (C=O) groups excluding carboxylic acids is 2. The summed E-state index contributed by atoms with van der Waals surface area (Å²) in [5.74, 6) is -1.00. The molecule has 1 amide bonds. The minimum atomic E-state index is -0.717. The number of para-hydroxylation sites is 1. The zero-order valence-corrected chi connectivity index (χ0v) is 16.7. The molecule has 0 radical (unpaired) electrons. The molecule has 7 nitrogen and oxygen atoms in total.